The van der Waals surface area contributed by atoms with Gasteiger partial charge in [-0.05, 0) is 116 Å². The Morgan fingerprint density at radius 2 is 1.11 bits per heavy atom. The van der Waals surface area contributed by atoms with Crippen LogP contribution in [-0.2, 0) is 52.2 Å². The minimum atomic E-state index is -1.85. The van der Waals surface area contributed by atoms with Crippen LogP contribution in [0.1, 0.15) is 120 Å². The van der Waals surface area contributed by atoms with E-state index >= 15 is 4.79 Å². The smallest absolute Gasteiger partial charge is 0.315 e. The van der Waals surface area contributed by atoms with Crippen molar-refractivity contribution < 1.29 is 129 Å². The molecule has 0 aromatic carbocycles. The molecule has 5 heterocycles. The maximum Gasteiger partial charge on any atom is 0.315 e. The largest absolute Gasteiger partial charge is 0.432 e. The van der Waals surface area contributed by atoms with Gasteiger partial charge in [-0.25, -0.2) is 0 Å². The molecule has 32 atom stereocenters. The first-order valence-corrected chi connectivity index (χ1v) is 30.6. The molecule has 5 aliphatic carbocycles. The highest BCUT2D eigenvalue weighted by Gasteiger charge is 2.70. The zero-order chi connectivity index (χ0) is 62.0. The highest BCUT2D eigenvalue weighted by Crippen LogP contribution is 2.76. The van der Waals surface area contributed by atoms with Crippen molar-refractivity contribution >= 4 is 5.97 Å². The Morgan fingerprint density at radius 3 is 1.74 bits per heavy atom. The first-order valence-electron chi connectivity index (χ1n) is 30.6. The van der Waals surface area contributed by atoms with Crippen LogP contribution in [0.5, 0.6) is 0 Å². The van der Waals surface area contributed by atoms with Gasteiger partial charge in [-0.2, -0.15) is 0 Å². The molecule has 10 aliphatic rings. The summed E-state index contributed by atoms with van der Waals surface area (Å²) in [5, 5.41) is 160. The predicted molar refractivity (Wildman–Crippen MR) is 288 cm³/mol. The van der Waals surface area contributed by atoms with Crippen molar-refractivity contribution in [3.05, 3.63) is 11.6 Å². The molecule has 26 heteroatoms. The summed E-state index contributed by atoms with van der Waals surface area (Å²) in [4.78, 5) is 15.2. The SMILES string of the molecule is C[C@@H]1O[C@@H](O[C@H]2[C@H](O[C@H]3CC[C@]4(C)[C@H]5CC=C6[C@@H]7CC(C)(C)CC[C@]7(C(=O)O[C@@H]7O[C@H](CO[C@@H]8O[C@H](CO)[C@@H](O)[C@H](O)[C@H]8O)[C@@H](O)[C@H](O)[C@H]7O)CC[C@@]6(C)[C@]5(C)CC[C@H]4C3(C)C)OC[C@H](O[C@@H]3O[C@H](CO)[C@@H](O)[C@H](O)[C@H]3O)[C@@H]2O)[C@H](O)[C@H](O)[C@H]1O. The molecular formula is C59H96O26. The van der Waals surface area contributed by atoms with Crippen molar-refractivity contribution in [2.45, 2.75) is 273 Å². The van der Waals surface area contributed by atoms with Gasteiger partial charge in [-0.15, -0.1) is 0 Å². The third kappa shape index (κ3) is 11.2. The van der Waals surface area contributed by atoms with Gasteiger partial charge in [0.1, 0.15) is 110 Å². The number of ether oxygens (including phenoxy) is 10. The van der Waals surface area contributed by atoms with Gasteiger partial charge in [-0.3, -0.25) is 4.79 Å². The number of aliphatic hydroxyl groups excluding tert-OH is 15. The van der Waals surface area contributed by atoms with Gasteiger partial charge in [0.15, 0.2) is 25.2 Å². The molecule has 15 N–H and O–H groups in total. The van der Waals surface area contributed by atoms with Crippen molar-refractivity contribution in [3.8, 4) is 0 Å². The summed E-state index contributed by atoms with van der Waals surface area (Å²) >= 11 is 0. The summed E-state index contributed by atoms with van der Waals surface area (Å²) in [6.45, 7) is 15.0. The molecular weight excluding hydrogens is 1120 g/mol. The minimum Gasteiger partial charge on any atom is -0.432 e. The number of esters is 1. The zero-order valence-corrected chi connectivity index (χ0v) is 49.8. The molecule has 0 bridgehead atoms. The van der Waals surface area contributed by atoms with Gasteiger partial charge < -0.3 is 124 Å². The van der Waals surface area contributed by atoms with Gasteiger partial charge in [-0.1, -0.05) is 60.1 Å². The van der Waals surface area contributed by atoms with E-state index in [4.69, 9.17) is 47.4 Å². The molecule has 0 amide bonds. The molecule has 10 rings (SSSR count). The molecule has 0 spiro atoms. The summed E-state index contributed by atoms with van der Waals surface area (Å²) < 4.78 is 60.2. The van der Waals surface area contributed by atoms with Crippen molar-refractivity contribution in [1.29, 1.82) is 0 Å². The van der Waals surface area contributed by atoms with Gasteiger partial charge in [0, 0.05) is 0 Å². The van der Waals surface area contributed by atoms with E-state index in [9.17, 15) is 76.6 Å². The van der Waals surface area contributed by atoms with E-state index in [1.807, 2.05) is 0 Å². The fourth-order valence-corrected chi connectivity index (χ4v) is 17.5. The standard InChI is InChI=1S/C59H96O26/c1-24-34(62)39(67)44(72)49(78-24)84-47-38(66)30(82-50-45(73)41(69)36(64)28(21-61)80-50)23-77-52(47)83-33-12-13-56(6)31(55(33,4)5)11-14-58(8)32(56)10-9-25-26-19-54(2,3)15-17-59(26,18-16-57(25,58)7)53(75)85-51-46(74)42(70)37(65)29(81-51)22-76-48-43(71)40(68)35(63)27(20-60)79-48/h9,24,26-52,60-74H,10-23H2,1-8H3/t24-,26-,27+,28+,29+,30-,31-,32+,33-,34-,35+,36+,37+,38-,39+,40-,41-,42-,43+,44+,45+,46+,47+,48+,49-,50-,51-,52-,56-,57+,58+,59-/m0/s1. The third-order valence-electron chi connectivity index (χ3n) is 23.1. The number of hydrogen-bond acceptors (Lipinski definition) is 26. The predicted octanol–water partition coefficient (Wildman–Crippen LogP) is -2.54. The quantitative estimate of drug-likeness (QED) is 0.0513. The van der Waals surface area contributed by atoms with Crippen LogP contribution in [-0.4, -0.2) is 263 Å². The van der Waals surface area contributed by atoms with Crippen LogP contribution >= 0.6 is 0 Å². The maximum absolute atomic E-state index is 15.2. The Bertz CT molecular complexity index is 2360. The summed E-state index contributed by atoms with van der Waals surface area (Å²) in [6, 6.07) is 0. The molecule has 488 valence electrons. The zero-order valence-electron chi connectivity index (χ0n) is 49.8. The van der Waals surface area contributed by atoms with E-state index in [0.717, 1.165) is 25.7 Å². The molecule has 0 radical (unpaired) electrons. The topological polar surface area (TPSA) is 413 Å². The Balaban J connectivity index is 0.861. The second-order valence-corrected chi connectivity index (χ2v) is 28.7. The first kappa shape index (κ1) is 66.2. The van der Waals surface area contributed by atoms with Gasteiger partial charge in [0.05, 0.1) is 44.1 Å². The van der Waals surface area contributed by atoms with Crippen LogP contribution in [0, 0.1) is 50.2 Å². The average Bonchev–Trinajstić information content (AvgIpc) is 0.694. The van der Waals surface area contributed by atoms with Gasteiger partial charge in [0.2, 0.25) is 6.29 Å². The van der Waals surface area contributed by atoms with E-state index < -0.39 is 190 Å². The molecule has 0 aromatic rings. The van der Waals surface area contributed by atoms with E-state index in [1.165, 1.54) is 12.5 Å². The van der Waals surface area contributed by atoms with Crippen molar-refractivity contribution in [2.24, 2.45) is 50.2 Å². The lowest BCUT2D eigenvalue weighted by Crippen LogP contribution is -2.66. The van der Waals surface area contributed by atoms with Crippen molar-refractivity contribution in [1.82, 2.24) is 0 Å². The number of hydrogen-bond donors (Lipinski definition) is 15. The summed E-state index contributed by atoms with van der Waals surface area (Å²) in [6.07, 6.45) is -29.5. The highest BCUT2D eigenvalue weighted by molar-refractivity contribution is 5.79. The van der Waals surface area contributed by atoms with Crippen LogP contribution in [0.25, 0.3) is 0 Å². The van der Waals surface area contributed by atoms with Crippen molar-refractivity contribution in [2.75, 3.05) is 26.4 Å². The Morgan fingerprint density at radius 1 is 0.553 bits per heavy atom. The Kier molecular flexibility index (Phi) is 19.0. The van der Waals surface area contributed by atoms with E-state index in [0.29, 0.717) is 38.5 Å². The lowest BCUT2D eigenvalue weighted by Gasteiger charge is -2.71. The number of allylic oxidation sites excluding steroid dienone is 2. The molecule has 9 fully saturated rings. The average molecular weight is 1220 g/mol. The van der Waals surface area contributed by atoms with Gasteiger partial charge in [0.25, 0.3) is 0 Å². The van der Waals surface area contributed by atoms with E-state index in [-0.39, 0.29) is 46.0 Å². The number of carbonyl (C=O) groups excluding carboxylic acids is 1. The lowest BCUT2D eigenvalue weighted by atomic mass is 9.33. The molecule has 5 saturated heterocycles. The van der Waals surface area contributed by atoms with Crippen LogP contribution in [0.15, 0.2) is 11.6 Å². The van der Waals surface area contributed by atoms with Crippen molar-refractivity contribution in [3.63, 3.8) is 0 Å². The normalized spacial score (nSPS) is 54.1. The molecule has 0 unspecified atom stereocenters. The van der Waals surface area contributed by atoms with Crippen LogP contribution in [0.4, 0.5) is 0 Å². The fraction of sp³-hybridized carbons (Fsp3) is 0.949. The number of carbonyl (C=O) groups is 1. The number of aliphatic hydroxyl groups is 15. The molecule has 5 aliphatic heterocycles. The minimum absolute atomic E-state index is 0.0972. The maximum atomic E-state index is 15.2. The summed E-state index contributed by atoms with van der Waals surface area (Å²) in [5.74, 6) is -0.567. The van der Waals surface area contributed by atoms with E-state index in [1.54, 1.807) is 0 Å². The summed E-state index contributed by atoms with van der Waals surface area (Å²) in [5.41, 5.74) is -1.35. The van der Waals surface area contributed by atoms with Crippen LogP contribution in [0.2, 0.25) is 0 Å². The molecule has 26 nitrogen and oxygen atoms in total. The van der Waals surface area contributed by atoms with E-state index in [2.05, 4.69) is 54.5 Å². The van der Waals surface area contributed by atoms with Crippen LogP contribution in [0.3, 0.4) is 0 Å². The molecule has 85 heavy (non-hydrogen) atoms. The fourth-order valence-electron chi connectivity index (χ4n) is 17.5. The number of fused-ring (bicyclic) bond motifs is 7. The highest BCUT2D eigenvalue weighted by atomic mass is 16.8. The van der Waals surface area contributed by atoms with Gasteiger partial charge >= 0.3 is 5.97 Å². The Hall–Kier alpha value is -1.75. The monoisotopic (exact) mass is 1220 g/mol. The number of rotatable bonds is 13. The summed E-state index contributed by atoms with van der Waals surface area (Å²) in [7, 11) is 0. The molecule has 0 aromatic heterocycles. The Labute approximate surface area is 494 Å². The third-order valence-corrected chi connectivity index (χ3v) is 23.1. The second-order valence-electron chi connectivity index (χ2n) is 28.7. The molecule has 4 saturated carbocycles. The second kappa shape index (κ2) is 24.4. The van der Waals surface area contributed by atoms with Crippen LogP contribution < -0.4 is 0 Å². The first-order chi connectivity index (χ1) is 39.8. The lowest BCUT2D eigenvalue weighted by molar-refractivity contribution is -0.380.